The predicted octanol–water partition coefficient (Wildman–Crippen LogP) is 1.37. The van der Waals surface area contributed by atoms with Gasteiger partial charge in [0.2, 0.25) is 0 Å². The van der Waals surface area contributed by atoms with Gasteiger partial charge in [-0.1, -0.05) is 0 Å². The van der Waals surface area contributed by atoms with Crippen molar-refractivity contribution < 1.29 is 24.1 Å². The van der Waals surface area contributed by atoms with Crippen molar-refractivity contribution in [1.82, 2.24) is 4.90 Å². The van der Waals surface area contributed by atoms with Crippen LogP contribution in [-0.4, -0.2) is 60.4 Å². The van der Waals surface area contributed by atoms with Gasteiger partial charge in [0, 0.05) is 6.61 Å². The molecular weight excluding hydrogens is 250 g/mol. The van der Waals surface area contributed by atoms with Crippen LogP contribution < -0.4 is 0 Å². The summed E-state index contributed by atoms with van der Waals surface area (Å²) in [5.41, 5.74) is -0.540. The lowest BCUT2D eigenvalue weighted by Gasteiger charge is -2.28. The maximum absolute atomic E-state index is 12.0. The highest BCUT2D eigenvalue weighted by molar-refractivity contribution is 5.69. The Morgan fingerprint density at radius 2 is 2.05 bits per heavy atom. The minimum atomic E-state index is -0.540. The summed E-state index contributed by atoms with van der Waals surface area (Å²) in [6.07, 6.45) is -0.423. The van der Waals surface area contributed by atoms with Gasteiger partial charge in [-0.3, -0.25) is 0 Å². The molecule has 2 unspecified atom stereocenters. The van der Waals surface area contributed by atoms with Gasteiger partial charge in [-0.2, -0.15) is 0 Å². The number of rotatable bonds is 5. The van der Waals surface area contributed by atoms with E-state index < -0.39 is 17.8 Å². The molecule has 1 saturated heterocycles. The van der Waals surface area contributed by atoms with Gasteiger partial charge in [-0.25, -0.2) is 4.79 Å². The Balaban J connectivity index is 2.47. The van der Waals surface area contributed by atoms with E-state index in [-0.39, 0.29) is 19.4 Å². The van der Waals surface area contributed by atoms with Crippen molar-refractivity contribution >= 4 is 6.09 Å². The van der Waals surface area contributed by atoms with Crippen molar-refractivity contribution in [3.63, 3.8) is 0 Å². The van der Waals surface area contributed by atoms with Crippen molar-refractivity contribution in [2.45, 2.75) is 51.9 Å². The van der Waals surface area contributed by atoms with E-state index in [4.69, 9.17) is 14.2 Å². The molecule has 19 heavy (non-hydrogen) atoms. The molecule has 6 heteroatoms. The molecule has 1 aliphatic rings. The largest absolute Gasteiger partial charge is 0.444 e. The van der Waals surface area contributed by atoms with Crippen molar-refractivity contribution in [3.05, 3.63) is 0 Å². The predicted molar refractivity (Wildman–Crippen MR) is 69.8 cm³/mol. The third-order valence-electron chi connectivity index (χ3n) is 2.70. The molecule has 2 atom stereocenters. The zero-order valence-electron chi connectivity index (χ0n) is 12.2. The molecule has 1 aliphatic heterocycles. The van der Waals surface area contributed by atoms with E-state index in [1.54, 1.807) is 0 Å². The lowest BCUT2D eigenvalue weighted by molar-refractivity contribution is -0.0646. The number of carbonyl (C=O) groups excluding carboxylic acids is 1. The molecule has 1 amide bonds. The molecule has 6 nitrogen and oxygen atoms in total. The minimum Gasteiger partial charge on any atom is -0.444 e. The summed E-state index contributed by atoms with van der Waals surface area (Å²) in [5, 5.41) is 9.68. The molecule has 1 fully saturated rings. The first-order valence-electron chi connectivity index (χ1n) is 6.66. The number of amides is 1. The number of ether oxygens (including phenoxy) is 3. The van der Waals surface area contributed by atoms with Gasteiger partial charge in [0.05, 0.1) is 25.3 Å². The average Bonchev–Trinajstić information content (AvgIpc) is 2.64. The highest BCUT2D eigenvalue weighted by Crippen LogP contribution is 2.21. The highest BCUT2D eigenvalue weighted by Gasteiger charge is 2.36. The third-order valence-corrected chi connectivity index (χ3v) is 2.70. The van der Waals surface area contributed by atoms with Crippen LogP contribution in [0.5, 0.6) is 0 Å². The van der Waals surface area contributed by atoms with Crippen LogP contribution in [0.2, 0.25) is 0 Å². The van der Waals surface area contributed by atoms with Crippen molar-refractivity contribution in [3.8, 4) is 0 Å². The van der Waals surface area contributed by atoms with Crippen molar-refractivity contribution in [2.75, 3.05) is 26.6 Å². The molecule has 0 saturated carbocycles. The molecule has 0 spiro atoms. The first-order chi connectivity index (χ1) is 8.83. The summed E-state index contributed by atoms with van der Waals surface area (Å²) in [4.78, 5) is 13.5. The molecule has 0 aromatic rings. The second kappa shape index (κ2) is 7.07. The van der Waals surface area contributed by atoms with Gasteiger partial charge in [-0.05, 0) is 34.1 Å². The van der Waals surface area contributed by atoms with E-state index in [1.807, 2.05) is 27.7 Å². The lowest BCUT2D eigenvalue weighted by atomic mass is 10.2. The fraction of sp³-hybridized carbons (Fsp3) is 0.923. The molecule has 1 N–H and O–H groups in total. The quantitative estimate of drug-likeness (QED) is 0.606. The fourth-order valence-electron chi connectivity index (χ4n) is 1.92. The summed E-state index contributed by atoms with van der Waals surface area (Å²) in [7, 11) is 0. The van der Waals surface area contributed by atoms with Crippen LogP contribution in [0.1, 0.15) is 34.1 Å². The maximum atomic E-state index is 12.0. The fourth-order valence-corrected chi connectivity index (χ4v) is 1.92. The standard InChI is InChI=1S/C13H25NO5/c1-5-17-9-18-8-10-6-11(15)7-14(10)12(16)19-13(2,3)4/h10-11,15H,5-9H2,1-4H3. The van der Waals surface area contributed by atoms with E-state index in [0.29, 0.717) is 19.6 Å². The monoisotopic (exact) mass is 275 g/mol. The topological polar surface area (TPSA) is 68.2 Å². The molecule has 1 rings (SSSR count). The summed E-state index contributed by atoms with van der Waals surface area (Å²) in [6.45, 7) is 8.76. The number of aliphatic hydroxyl groups excluding tert-OH is 1. The van der Waals surface area contributed by atoms with Crippen LogP contribution in [0, 0.1) is 0 Å². The average molecular weight is 275 g/mol. The van der Waals surface area contributed by atoms with Gasteiger partial charge in [0.1, 0.15) is 12.4 Å². The van der Waals surface area contributed by atoms with Gasteiger partial charge in [-0.15, -0.1) is 0 Å². The summed E-state index contributed by atoms with van der Waals surface area (Å²) >= 11 is 0. The van der Waals surface area contributed by atoms with Crippen LogP contribution in [-0.2, 0) is 14.2 Å². The number of hydrogen-bond donors (Lipinski definition) is 1. The van der Waals surface area contributed by atoms with Gasteiger partial charge >= 0.3 is 6.09 Å². The number of carbonyl (C=O) groups is 1. The van der Waals surface area contributed by atoms with Crippen LogP contribution in [0.25, 0.3) is 0 Å². The highest BCUT2D eigenvalue weighted by atomic mass is 16.7. The number of β-amino-alcohol motifs (C(OH)–C–C–N with tert-alkyl or cyclic N) is 1. The van der Waals surface area contributed by atoms with E-state index in [1.165, 1.54) is 4.90 Å². The van der Waals surface area contributed by atoms with Crippen LogP contribution >= 0.6 is 0 Å². The second-order valence-electron chi connectivity index (χ2n) is 5.66. The Kier molecular flexibility index (Phi) is 6.03. The summed E-state index contributed by atoms with van der Waals surface area (Å²) in [6, 6.07) is -0.162. The molecule has 0 bridgehead atoms. The molecule has 0 aromatic heterocycles. The van der Waals surface area contributed by atoms with Crippen LogP contribution in [0.3, 0.4) is 0 Å². The second-order valence-corrected chi connectivity index (χ2v) is 5.66. The maximum Gasteiger partial charge on any atom is 0.410 e. The lowest BCUT2D eigenvalue weighted by Crippen LogP contribution is -2.42. The zero-order chi connectivity index (χ0) is 14.5. The van der Waals surface area contributed by atoms with Crippen molar-refractivity contribution in [1.29, 1.82) is 0 Å². The van der Waals surface area contributed by atoms with Gasteiger partial charge in [0.15, 0.2) is 0 Å². The van der Waals surface area contributed by atoms with E-state index >= 15 is 0 Å². The Morgan fingerprint density at radius 3 is 2.63 bits per heavy atom. The van der Waals surface area contributed by atoms with Gasteiger partial charge in [0.25, 0.3) is 0 Å². The summed E-state index contributed by atoms with van der Waals surface area (Å²) in [5.74, 6) is 0. The minimum absolute atomic E-state index is 0.162. The number of likely N-dealkylation sites (tertiary alicyclic amines) is 1. The first-order valence-corrected chi connectivity index (χ1v) is 6.66. The number of nitrogens with zero attached hydrogens (tertiary/aromatic N) is 1. The molecule has 112 valence electrons. The van der Waals surface area contributed by atoms with E-state index in [9.17, 15) is 9.90 Å². The smallest absolute Gasteiger partial charge is 0.410 e. The molecule has 0 aliphatic carbocycles. The normalized spacial score (nSPS) is 23.7. The van der Waals surface area contributed by atoms with Crippen LogP contribution in [0.4, 0.5) is 4.79 Å². The van der Waals surface area contributed by atoms with E-state index in [0.717, 1.165) is 0 Å². The third kappa shape index (κ3) is 5.76. The van der Waals surface area contributed by atoms with Crippen molar-refractivity contribution in [2.24, 2.45) is 0 Å². The Bertz CT molecular complexity index is 289. The van der Waals surface area contributed by atoms with Gasteiger partial charge < -0.3 is 24.2 Å². The first kappa shape index (κ1) is 16.2. The van der Waals surface area contributed by atoms with Crippen LogP contribution in [0.15, 0.2) is 0 Å². The molecule has 1 heterocycles. The number of hydrogen-bond acceptors (Lipinski definition) is 5. The molecule has 0 aromatic carbocycles. The Morgan fingerprint density at radius 1 is 1.37 bits per heavy atom. The Hall–Kier alpha value is -0.850. The number of aliphatic hydroxyl groups is 1. The molecule has 0 radical (unpaired) electrons. The summed E-state index contributed by atoms with van der Waals surface area (Å²) < 4.78 is 15.7. The molecular formula is C13H25NO5. The zero-order valence-corrected chi connectivity index (χ0v) is 12.2. The Labute approximate surface area is 114 Å². The van der Waals surface area contributed by atoms with E-state index in [2.05, 4.69) is 0 Å². The SMILES string of the molecule is CCOCOCC1CC(O)CN1C(=O)OC(C)(C)C.